The SMILES string of the molecule is CC(NCc1nnnn1CC(F)(F)F)c1coc2ccccc12. The molecular weight excluding hydrogens is 311 g/mol. The molecule has 23 heavy (non-hydrogen) atoms. The minimum Gasteiger partial charge on any atom is -0.464 e. The first-order valence-electron chi connectivity index (χ1n) is 6.95. The summed E-state index contributed by atoms with van der Waals surface area (Å²) in [7, 11) is 0. The van der Waals surface area contributed by atoms with Crippen LogP contribution in [0.15, 0.2) is 34.9 Å². The van der Waals surface area contributed by atoms with Crippen LogP contribution in [0.25, 0.3) is 11.0 Å². The first-order chi connectivity index (χ1) is 10.9. The van der Waals surface area contributed by atoms with Gasteiger partial charge in [0.2, 0.25) is 0 Å². The molecule has 6 nitrogen and oxygen atoms in total. The molecule has 0 spiro atoms. The summed E-state index contributed by atoms with van der Waals surface area (Å²) in [5.74, 6) is 0.127. The molecule has 9 heteroatoms. The van der Waals surface area contributed by atoms with Gasteiger partial charge in [-0.15, -0.1) is 5.10 Å². The van der Waals surface area contributed by atoms with Gasteiger partial charge in [0.05, 0.1) is 12.8 Å². The number of halogens is 3. The van der Waals surface area contributed by atoms with E-state index in [1.807, 2.05) is 31.2 Å². The van der Waals surface area contributed by atoms with E-state index in [1.165, 1.54) is 0 Å². The van der Waals surface area contributed by atoms with E-state index < -0.39 is 12.7 Å². The third-order valence-corrected chi connectivity index (χ3v) is 3.48. The van der Waals surface area contributed by atoms with E-state index in [0.29, 0.717) is 0 Å². The Morgan fingerprint density at radius 2 is 2.09 bits per heavy atom. The van der Waals surface area contributed by atoms with Crippen LogP contribution in [0.3, 0.4) is 0 Å². The Balaban J connectivity index is 1.70. The second-order valence-electron chi connectivity index (χ2n) is 5.16. The van der Waals surface area contributed by atoms with Crippen LogP contribution in [0.2, 0.25) is 0 Å². The molecule has 0 radical (unpaired) electrons. The number of benzene rings is 1. The van der Waals surface area contributed by atoms with Crippen LogP contribution in [0.1, 0.15) is 24.4 Å². The maximum Gasteiger partial charge on any atom is 0.408 e. The van der Waals surface area contributed by atoms with Crippen LogP contribution in [0.5, 0.6) is 0 Å². The van der Waals surface area contributed by atoms with Crippen molar-refractivity contribution in [3.8, 4) is 0 Å². The van der Waals surface area contributed by atoms with Crippen LogP contribution in [-0.2, 0) is 13.1 Å². The maximum absolute atomic E-state index is 12.4. The van der Waals surface area contributed by atoms with Gasteiger partial charge in [-0.3, -0.25) is 0 Å². The molecule has 0 saturated carbocycles. The highest BCUT2D eigenvalue weighted by atomic mass is 19.4. The molecule has 2 heterocycles. The van der Waals surface area contributed by atoms with Crippen molar-refractivity contribution in [3.05, 3.63) is 41.9 Å². The molecule has 1 aromatic carbocycles. The van der Waals surface area contributed by atoms with Crippen molar-refractivity contribution in [2.24, 2.45) is 0 Å². The molecule has 3 rings (SSSR count). The van der Waals surface area contributed by atoms with E-state index in [0.717, 1.165) is 21.2 Å². The van der Waals surface area contributed by atoms with Crippen LogP contribution >= 0.6 is 0 Å². The summed E-state index contributed by atoms with van der Waals surface area (Å²) in [4.78, 5) is 0. The fourth-order valence-corrected chi connectivity index (χ4v) is 2.33. The average molecular weight is 325 g/mol. The molecule has 1 unspecified atom stereocenters. The van der Waals surface area contributed by atoms with E-state index in [9.17, 15) is 13.2 Å². The molecule has 0 fully saturated rings. The van der Waals surface area contributed by atoms with Crippen LogP contribution < -0.4 is 5.32 Å². The summed E-state index contributed by atoms with van der Waals surface area (Å²) < 4.78 is 43.5. The van der Waals surface area contributed by atoms with Gasteiger partial charge in [-0.2, -0.15) is 13.2 Å². The van der Waals surface area contributed by atoms with Crippen molar-refractivity contribution < 1.29 is 17.6 Å². The molecule has 0 amide bonds. The van der Waals surface area contributed by atoms with Crippen molar-refractivity contribution >= 4 is 11.0 Å². The lowest BCUT2D eigenvalue weighted by Crippen LogP contribution is -2.25. The summed E-state index contributed by atoms with van der Waals surface area (Å²) in [5, 5.41) is 14.4. The van der Waals surface area contributed by atoms with Gasteiger partial charge in [0.1, 0.15) is 12.1 Å². The Morgan fingerprint density at radius 3 is 2.87 bits per heavy atom. The second-order valence-corrected chi connectivity index (χ2v) is 5.16. The Hall–Kier alpha value is -2.42. The number of nitrogens with zero attached hydrogens (tertiary/aromatic N) is 4. The van der Waals surface area contributed by atoms with Crippen LogP contribution in [-0.4, -0.2) is 26.4 Å². The second kappa shape index (κ2) is 5.99. The summed E-state index contributed by atoms with van der Waals surface area (Å²) in [6.45, 7) is 0.805. The van der Waals surface area contributed by atoms with Gasteiger partial charge < -0.3 is 9.73 Å². The number of fused-ring (bicyclic) bond motifs is 1. The van der Waals surface area contributed by atoms with Gasteiger partial charge in [-0.25, -0.2) is 4.68 Å². The van der Waals surface area contributed by atoms with Gasteiger partial charge in [0.25, 0.3) is 0 Å². The van der Waals surface area contributed by atoms with E-state index in [2.05, 4.69) is 20.8 Å². The third-order valence-electron chi connectivity index (χ3n) is 3.48. The minimum atomic E-state index is -4.36. The molecule has 0 aliphatic carbocycles. The summed E-state index contributed by atoms with van der Waals surface area (Å²) in [6.07, 6.45) is -2.72. The molecule has 0 aliphatic heterocycles. The highest BCUT2D eigenvalue weighted by Crippen LogP contribution is 2.26. The normalized spacial score (nSPS) is 13.6. The minimum absolute atomic E-state index is 0.115. The summed E-state index contributed by atoms with van der Waals surface area (Å²) >= 11 is 0. The van der Waals surface area contributed by atoms with Crippen molar-refractivity contribution in [2.45, 2.75) is 32.2 Å². The maximum atomic E-state index is 12.4. The van der Waals surface area contributed by atoms with Gasteiger partial charge >= 0.3 is 6.18 Å². The molecule has 1 atom stereocenters. The predicted molar refractivity (Wildman–Crippen MR) is 75.3 cm³/mol. The Morgan fingerprint density at radius 1 is 1.30 bits per heavy atom. The number of alkyl halides is 3. The van der Waals surface area contributed by atoms with Gasteiger partial charge in [-0.05, 0) is 23.4 Å². The predicted octanol–water partition coefficient (Wildman–Crippen LogP) is 2.83. The molecule has 1 N–H and O–H groups in total. The number of para-hydroxylation sites is 1. The highest BCUT2D eigenvalue weighted by molar-refractivity contribution is 5.81. The lowest BCUT2D eigenvalue weighted by molar-refractivity contribution is -0.143. The smallest absolute Gasteiger partial charge is 0.408 e. The number of hydrogen-bond acceptors (Lipinski definition) is 5. The third kappa shape index (κ3) is 3.50. The molecule has 0 bridgehead atoms. The average Bonchev–Trinajstić information content (AvgIpc) is 3.09. The van der Waals surface area contributed by atoms with Crippen molar-refractivity contribution in [2.75, 3.05) is 0 Å². The quantitative estimate of drug-likeness (QED) is 0.781. The first-order valence-corrected chi connectivity index (χ1v) is 6.95. The fourth-order valence-electron chi connectivity index (χ4n) is 2.33. The number of rotatable bonds is 5. The van der Waals surface area contributed by atoms with Gasteiger partial charge in [-0.1, -0.05) is 18.2 Å². The summed E-state index contributed by atoms with van der Waals surface area (Å²) in [6, 6.07) is 7.43. The first kappa shape index (κ1) is 15.5. The standard InChI is InChI=1S/C14H14F3N5O/c1-9(11-7-23-12-5-3-2-4-10(11)12)18-6-13-19-20-21-22(13)8-14(15,16)17/h2-5,7,9,18H,6,8H2,1H3. The lowest BCUT2D eigenvalue weighted by Gasteiger charge is -2.13. The Bertz CT molecular complexity index is 795. The topological polar surface area (TPSA) is 68.8 Å². The Kier molecular flexibility index (Phi) is 4.03. The largest absolute Gasteiger partial charge is 0.464 e. The fraction of sp³-hybridized carbons (Fsp3) is 0.357. The van der Waals surface area contributed by atoms with Crippen LogP contribution in [0.4, 0.5) is 13.2 Å². The van der Waals surface area contributed by atoms with Gasteiger partial charge in [0.15, 0.2) is 5.82 Å². The molecule has 122 valence electrons. The van der Waals surface area contributed by atoms with Crippen molar-refractivity contribution in [1.82, 2.24) is 25.5 Å². The lowest BCUT2D eigenvalue weighted by atomic mass is 10.1. The number of hydrogen-bond donors (Lipinski definition) is 1. The van der Waals surface area contributed by atoms with Crippen LogP contribution in [0, 0.1) is 0 Å². The zero-order valence-electron chi connectivity index (χ0n) is 12.2. The molecule has 0 aliphatic rings. The zero-order valence-corrected chi connectivity index (χ0v) is 12.2. The molecule has 2 aromatic heterocycles. The van der Waals surface area contributed by atoms with E-state index in [-0.39, 0.29) is 18.4 Å². The number of tetrazole rings is 1. The number of furan rings is 1. The van der Waals surface area contributed by atoms with Crippen molar-refractivity contribution in [3.63, 3.8) is 0 Å². The van der Waals surface area contributed by atoms with Crippen molar-refractivity contribution in [1.29, 1.82) is 0 Å². The number of aromatic nitrogens is 4. The number of nitrogens with one attached hydrogen (secondary N) is 1. The van der Waals surface area contributed by atoms with E-state index >= 15 is 0 Å². The molecule has 0 saturated heterocycles. The van der Waals surface area contributed by atoms with E-state index in [4.69, 9.17) is 4.42 Å². The highest BCUT2D eigenvalue weighted by Gasteiger charge is 2.30. The van der Waals surface area contributed by atoms with E-state index in [1.54, 1.807) is 6.26 Å². The monoisotopic (exact) mass is 325 g/mol. The molecule has 3 aromatic rings. The zero-order chi connectivity index (χ0) is 16.4. The Labute approximate surface area is 129 Å². The summed E-state index contributed by atoms with van der Waals surface area (Å²) in [5.41, 5.74) is 1.69. The molecular formula is C14H14F3N5O. The van der Waals surface area contributed by atoms with Gasteiger partial charge in [0, 0.05) is 17.0 Å².